The topological polar surface area (TPSA) is 122 Å². The molecule has 0 aliphatic rings. The van der Waals surface area contributed by atoms with Gasteiger partial charge in [-0.2, -0.15) is 0 Å². The molecule has 9 nitrogen and oxygen atoms in total. The lowest BCUT2D eigenvalue weighted by atomic mass is 9.84. The summed E-state index contributed by atoms with van der Waals surface area (Å²) in [4.78, 5) is 20.3. The van der Waals surface area contributed by atoms with Gasteiger partial charge in [0.25, 0.3) is 7.82 Å². The summed E-state index contributed by atoms with van der Waals surface area (Å²) in [5, 5.41) is 0. The number of nitrogens with zero attached hydrogens (tertiary/aromatic N) is 1. The van der Waals surface area contributed by atoms with E-state index in [9.17, 15) is 17.9 Å². The minimum atomic E-state index is -4.91. The first-order valence-electron chi connectivity index (χ1n) is 14.9. The van der Waals surface area contributed by atoms with E-state index in [0.29, 0.717) is 10.9 Å². The third-order valence-electron chi connectivity index (χ3n) is 7.43. The molecule has 236 valence electrons. The van der Waals surface area contributed by atoms with E-state index in [2.05, 4.69) is 6.92 Å². The molecule has 39 heavy (non-hydrogen) atoms. The van der Waals surface area contributed by atoms with E-state index in [0.717, 1.165) is 19.3 Å². The first-order chi connectivity index (χ1) is 18.2. The highest BCUT2D eigenvalue weighted by Crippen LogP contribution is 2.35. The summed E-state index contributed by atoms with van der Waals surface area (Å²) in [6, 6.07) is -0.416. The molecule has 0 spiro atoms. The third kappa shape index (κ3) is 21.3. The van der Waals surface area contributed by atoms with E-state index >= 15 is 0 Å². The Labute approximate surface area is 240 Å². The Hall–Kier alpha value is -0.0600. The van der Waals surface area contributed by atoms with Crippen molar-refractivity contribution in [1.29, 1.82) is 0 Å². The molecule has 0 rings (SSSR count). The van der Waals surface area contributed by atoms with E-state index in [1.807, 2.05) is 21.1 Å². The van der Waals surface area contributed by atoms with Crippen molar-refractivity contribution >= 4 is 17.7 Å². The molecule has 0 aromatic rings. The van der Waals surface area contributed by atoms with Crippen LogP contribution in [0, 0.1) is 5.41 Å². The van der Waals surface area contributed by atoms with Gasteiger partial charge in [-0.3, -0.25) is 4.57 Å². The highest BCUT2D eigenvalue weighted by molar-refractivity contribution is 7.91. The van der Waals surface area contributed by atoms with Crippen molar-refractivity contribution in [2.24, 2.45) is 5.41 Å². The molecule has 2 atom stereocenters. The minimum absolute atomic E-state index is 0.109. The van der Waals surface area contributed by atoms with E-state index in [-0.39, 0.29) is 37.7 Å². The Kier molecular flexibility index (Phi) is 20.7. The summed E-state index contributed by atoms with van der Waals surface area (Å²) in [5.41, 5.74) is -0.875. The molecule has 1 N–H and O–H groups in total. The molecule has 0 heterocycles. The second-order valence-electron chi connectivity index (χ2n) is 12.3. The van der Waals surface area contributed by atoms with Crippen LogP contribution in [0.2, 0.25) is 0 Å². The molecule has 0 saturated carbocycles. The van der Waals surface area contributed by atoms with Crippen molar-refractivity contribution in [3.63, 3.8) is 0 Å². The quantitative estimate of drug-likeness (QED) is 0.0784. The summed E-state index contributed by atoms with van der Waals surface area (Å²) in [7, 11) is 0.326. The Bertz CT molecular complexity index is 745. The molecule has 0 radical (unpaired) electrons. The van der Waals surface area contributed by atoms with Crippen LogP contribution in [0.5, 0.6) is 0 Å². The molecule has 0 aliphatic carbocycles. The van der Waals surface area contributed by atoms with Gasteiger partial charge in [0, 0.05) is 26.1 Å². The van der Waals surface area contributed by atoms with Crippen LogP contribution in [0.25, 0.3) is 0 Å². The van der Waals surface area contributed by atoms with Crippen LogP contribution in [-0.2, 0) is 28.4 Å². The van der Waals surface area contributed by atoms with Crippen LogP contribution in [-0.4, -0.2) is 90.5 Å². The van der Waals surface area contributed by atoms with E-state index < -0.39 is 29.1 Å². The van der Waals surface area contributed by atoms with Gasteiger partial charge in [-0.25, -0.2) is 8.42 Å². The van der Waals surface area contributed by atoms with Gasteiger partial charge in [0.05, 0.1) is 45.9 Å². The van der Waals surface area contributed by atoms with E-state index in [1.54, 1.807) is 0 Å². The molecule has 0 aliphatic heterocycles. The summed E-state index contributed by atoms with van der Waals surface area (Å²) in [5.74, 6) is -0.0110. The number of phosphoric ester groups is 1. The Morgan fingerprint density at radius 1 is 0.821 bits per heavy atom. The molecule has 0 aromatic carbocycles. The first-order valence-corrected chi connectivity index (χ1v) is 18.2. The zero-order valence-corrected chi connectivity index (χ0v) is 27.5. The van der Waals surface area contributed by atoms with Crippen molar-refractivity contribution in [2.45, 2.75) is 109 Å². The van der Waals surface area contributed by atoms with Crippen molar-refractivity contribution in [3.05, 3.63) is 0 Å². The maximum Gasteiger partial charge on any atom is 0.265 e. The normalized spacial score (nSPS) is 15.4. The average Bonchev–Trinajstić information content (AvgIpc) is 2.80. The highest BCUT2D eigenvalue weighted by atomic mass is 32.2. The first kappa shape index (κ1) is 38.9. The van der Waals surface area contributed by atoms with E-state index in [1.165, 1.54) is 78.4 Å². The lowest BCUT2D eigenvalue weighted by Crippen LogP contribution is -2.53. The number of phosphoric acid groups is 1. The van der Waals surface area contributed by atoms with Crippen molar-refractivity contribution in [1.82, 2.24) is 0 Å². The smallest absolute Gasteiger partial charge is 0.265 e. The van der Waals surface area contributed by atoms with Crippen molar-refractivity contribution < 1.29 is 41.3 Å². The predicted octanol–water partition coefficient (Wildman–Crippen LogP) is 5.10. The number of likely N-dealkylation sites (N-methyl/N-ethyl adjacent to an activating group) is 1. The van der Waals surface area contributed by atoms with Gasteiger partial charge >= 0.3 is 0 Å². The number of hydrogen-bond donors (Lipinski definition) is 1. The van der Waals surface area contributed by atoms with Crippen LogP contribution < -0.4 is 4.89 Å². The Balaban J connectivity index is 4.69. The Morgan fingerprint density at radius 3 is 1.59 bits per heavy atom. The van der Waals surface area contributed by atoms with Crippen molar-refractivity contribution in [2.75, 3.05) is 66.7 Å². The average molecular weight is 602 g/mol. The summed E-state index contributed by atoms with van der Waals surface area (Å²) < 4.78 is 53.5. The lowest BCUT2D eigenvalue weighted by Gasteiger charge is -2.41. The number of sulfone groups is 1. The fourth-order valence-corrected chi connectivity index (χ4v) is 7.57. The Morgan fingerprint density at radius 2 is 1.23 bits per heavy atom. The fourth-order valence-electron chi connectivity index (χ4n) is 5.21. The van der Waals surface area contributed by atoms with Gasteiger partial charge < -0.3 is 28.3 Å². The monoisotopic (exact) mass is 601 g/mol. The van der Waals surface area contributed by atoms with Crippen molar-refractivity contribution in [3.8, 4) is 0 Å². The van der Waals surface area contributed by atoms with Crippen LogP contribution in [0.3, 0.4) is 0 Å². The van der Waals surface area contributed by atoms with Crippen LogP contribution in [0.15, 0.2) is 0 Å². The minimum Gasteiger partial charge on any atom is -0.756 e. The molecule has 0 amide bonds. The highest BCUT2D eigenvalue weighted by Gasteiger charge is 2.42. The SMILES string of the molecule is CCCCCCCCCCCCCCCCS(=O)(=O)CC(COC)(COC)CC(COP(=O)([O-])O)[N+](C)(C)C. The van der Waals surface area contributed by atoms with E-state index in [4.69, 9.17) is 18.9 Å². The van der Waals surface area contributed by atoms with Crippen LogP contribution in [0.1, 0.15) is 103 Å². The summed E-state index contributed by atoms with van der Waals surface area (Å²) in [6.07, 6.45) is 17.2. The maximum absolute atomic E-state index is 13.2. The van der Waals surface area contributed by atoms with Crippen LogP contribution >= 0.6 is 7.82 Å². The largest absolute Gasteiger partial charge is 0.756 e. The van der Waals surface area contributed by atoms with Gasteiger partial charge in [0.2, 0.25) is 0 Å². The molecule has 0 bridgehead atoms. The number of methoxy groups -OCH3 is 2. The molecular formula is C28H60NO8PS. The molecule has 11 heteroatoms. The molecular weight excluding hydrogens is 541 g/mol. The summed E-state index contributed by atoms with van der Waals surface area (Å²) >= 11 is 0. The third-order valence-corrected chi connectivity index (χ3v) is 9.87. The predicted molar refractivity (Wildman–Crippen MR) is 157 cm³/mol. The molecule has 2 unspecified atom stereocenters. The number of quaternary nitrogens is 1. The van der Waals surface area contributed by atoms with Gasteiger partial charge in [-0.1, -0.05) is 90.4 Å². The van der Waals surface area contributed by atoms with Gasteiger partial charge in [-0.05, 0) is 6.42 Å². The van der Waals surface area contributed by atoms with Gasteiger partial charge in [0.15, 0.2) is 9.84 Å². The zero-order chi connectivity index (χ0) is 29.8. The summed E-state index contributed by atoms with van der Waals surface area (Å²) in [6.45, 7) is 2.26. The number of ether oxygens (including phenoxy) is 2. The standard InChI is InChI=1S/C28H60NO8PS/c1-7-8-9-10-11-12-13-14-15-16-17-18-19-20-21-39(33,34)26-28(24-35-5,25-36-6)22-27(29(2,3)4)23-37-38(30,31)32/h27H,7-26H2,1-6H3,(H-,30,31,32). The second-order valence-corrected chi connectivity index (χ2v) is 15.7. The maximum atomic E-state index is 13.2. The zero-order valence-electron chi connectivity index (χ0n) is 25.8. The lowest BCUT2D eigenvalue weighted by molar-refractivity contribution is -0.897. The van der Waals surface area contributed by atoms with Crippen LogP contribution in [0.4, 0.5) is 0 Å². The number of rotatable bonds is 27. The molecule has 0 fully saturated rings. The van der Waals surface area contributed by atoms with Gasteiger partial charge in [0.1, 0.15) is 12.6 Å². The number of hydrogen-bond acceptors (Lipinski definition) is 7. The fraction of sp³-hybridized carbons (Fsp3) is 1.00. The number of unbranched alkanes of at least 4 members (excludes halogenated alkanes) is 13. The van der Waals surface area contributed by atoms with Gasteiger partial charge in [-0.15, -0.1) is 0 Å². The second kappa shape index (κ2) is 20.8. The molecule has 0 aromatic heterocycles. The molecule has 0 saturated heterocycles.